The van der Waals surface area contributed by atoms with Gasteiger partial charge in [0.25, 0.3) is 0 Å². The SMILES string of the molecule is CC(C)c1nccn1Cc1nnc2n1CCCC2. The topological polar surface area (TPSA) is 48.5 Å². The van der Waals surface area contributed by atoms with Crippen molar-refractivity contribution >= 4 is 0 Å². The van der Waals surface area contributed by atoms with E-state index in [1.165, 1.54) is 12.8 Å². The number of rotatable bonds is 3. The molecule has 3 heterocycles. The van der Waals surface area contributed by atoms with Gasteiger partial charge in [-0.05, 0) is 12.8 Å². The van der Waals surface area contributed by atoms with Crippen molar-refractivity contribution in [3.8, 4) is 0 Å². The molecule has 0 atom stereocenters. The minimum Gasteiger partial charge on any atom is -0.327 e. The second kappa shape index (κ2) is 4.55. The number of hydrogen-bond acceptors (Lipinski definition) is 3. The molecule has 1 aliphatic heterocycles. The Morgan fingerprint density at radius 2 is 2.17 bits per heavy atom. The van der Waals surface area contributed by atoms with Crippen LogP contribution in [0.15, 0.2) is 12.4 Å². The van der Waals surface area contributed by atoms with Crippen molar-refractivity contribution in [2.75, 3.05) is 0 Å². The Morgan fingerprint density at radius 3 is 3.00 bits per heavy atom. The van der Waals surface area contributed by atoms with Crippen molar-refractivity contribution in [1.82, 2.24) is 24.3 Å². The van der Waals surface area contributed by atoms with Crippen molar-refractivity contribution < 1.29 is 0 Å². The Balaban J connectivity index is 1.88. The number of imidazole rings is 1. The van der Waals surface area contributed by atoms with E-state index < -0.39 is 0 Å². The van der Waals surface area contributed by atoms with Gasteiger partial charge >= 0.3 is 0 Å². The van der Waals surface area contributed by atoms with Crippen LogP contribution in [0.4, 0.5) is 0 Å². The molecule has 0 bridgehead atoms. The lowest BCUT2D eigenvalue weighted by Gasteiger charge is -2.16. The molecule has 0 saturated heterocycles. The van der Waals surface area contributed by atoms with Gasteiger partial charge in [0, 0.05) is 31.3 Å². The van der Waals surface area contributed by atoms with E-state index in [4.69, 9.17) is 0 Å². The summed E-state index contributed by atoms with van der Waals surface area (Å²) in [6.07, 6.45) is 7.43. The maximum Gasteiger partial charge on any atom is 0.153 e. The van der Waals surface area contributed by atoms with Crippen LogP contribution in [0.5, 0.6) is 0 Å². The summed E-state index contributed by atoms with van der Waals surface area (Å²) >= 11 is 0. The molecule has 0 fully saturated rings. The fourth-order valence-corrected chi connectivity index (χ4v) is 2.59. The second-order valence-corrected chi connectivity index (χ2v) is 5.21. The fraction of sp³-hybridized carbons (Fsp3) is 0.615. The van der Waals surface area contributed by atoms with E-state index in [0.29, 0.717) is 5.92 Å². The molecular weight excluding hydrogens is 226 g/mol. The lowest BCUT2D eigenvalue weighted by Crippen LogP contribution is -2.16. The Bertz CT molecular complexity index is 537. The molecular formula is C13H19N5. The fourth-order valence-electron chi connectivity index (χ4n) is 2.59. The second-order valence-electron chi connectivity index (χ2n) is 5.21. The van der Waals surface area contributed by atoms with Gasteiger partial charge in [0.05, 0.1) is 6.54 Å². The van der Waals surface area contributed by atoms with Crippen LogP contribution in [0, 0.1) is 0 Å². The van der Waals surface area contributed by atoms with Crippen molar-refractivity contribution in [1.29, 1.82) is 0 Å². The van der Waals surface area contributed by atoms with Crippen LogP contribution in [-0.2, 0) is 19.5 Å². The summed E-state index contributed by atoms with van der Waals surface area (Å²) in [7, 11) is 0. The highest BCUT2D eigenvalue weighted by molar-refractivity contribution is 5.04. The Hall–Kier alpha value is -1.65. The van der Waals surface area contributed by atoms with E-state index in [1.807, 2.05) is 12.4 Å². The van der Waals surface area contributed by atoms with Gasteiger partial charge in [0.2, 0.25) is 0 Å². The molecule has 0 saturated carbocycles. The minimum atomic E-state index is 0.434. The summed E-state index contributed by atoms with van der Waals surface area (Å²) in [5, 5.41) is 8.63. The number of nitrogens with zero attached hydrogens (tertiary/aromatic N) is 5. The average molecular weight is 245 g/mol. The monoisotopic (exact) mass is 245 g/mol. The van der Waals surface area contributed by atoms with E-state index in [9.17, 15) is 0 Å². The van der Waals surface area contributed by atoms with Crippen LogP contribution < -0.4 is 0 Å². The highest BCUT2D eigenvalue weighted by Gasteiger charge is 2.17. The third-order valence-electron chi connectivity index (χ3n) is 3.51. The van der Waals surface area contributed by atoms with Crippen LogP contribution in [0.25, 0.3) is 0 Å². The summed E-state index contributed by atoms with van der Waals surface area (Å²) in [6.45, 7) is 6.17. The van der Waals surface area contributed by atoms with E-state index in [2.05, 4.69) is 38.2 Å². The van der Waals surface area contributed by atoms with E-state index in [0.717, 1.165) is 37.0 Å². The zero-order chi connectivity index (χ0) is 12.5. The molecule has 5 nitrogen and oxygen atoms in total. The van der Waals surface area contributed by atoms with Gasteiger partial charge in [-0.25, -0.2) is 4.98 Å². The van der Waals surface area contributed by atoms with Crippen molar-refractivity contribution in [3.63, 3.8) is 0 Å². The molecule has 1 aliphatic rings. The lowest BCUT2D eigenvalue weighted by molar-refractivity contribution is 0.498. The molecule has 0 spiro atoms. The third kappa shape index (κ3) is 1.94. The molecule has 0 unspecified atom stereocenters. The lowest BCUT2D eigenvalue weighted by atomic mass is 10.1. The molecule has 5 heteroatoms. The van der Waals surface area contributed by atoms with Crippen LogP contribution >= 0.6 is 0 Å². The summed E-state index contributed by atoms with van der Waals surface area (Å²) < 4.78 is 4.45. The van der Waals surface area contributed by atoms with Gasteiger partial charge in [-0.15, -0.1) is 10.2 Å². The number of aryl methyl sites for hydroxylation is 1. The third-order valence-corrected chi connectivity index (χ3v) is 3.51. The molecule has 2 aromatic heterocycles. The standard InChI is InChI=1S/C13H19N5/c1-10(2)13-14-6-8-17(13)9-12-16-15-11-5-3-4-7-18(11)12/h6,8,10H,3-5,7,9H2,1-2H3. The smallest absolute Gasteiger partial charge is 0.153 e. The molecule has 0 N–H and O–H groups in total. The number of fused-ring (bicyclic) bond motifs is 1. The average Bonchev–Trinajstić information content (AvgIpc) is 2.97. The Kier molecular flexibility index (Phi) is 2.89. The van der Waals surface area contributed by atoms with Gasteiger partial charge < -0.3 is 9.13 Å². The first kappa shape index (κ1) is 11.4. The van der Waals surface area contributed by atoms with Gasteiger partial charge in [0.1, 0.15) is 11.6 Å². The highest BCUT2D eigenvalue weighted by atomic mass is 15.3. The van der Waals surface area contributed by atoms with Crippen LogP contribution in [-0.4, -0.2) is 24.3 Å². The Morgan fingerprint density at radius 1 is 1.28 bits per heavy atom. The van der Waals surface area contributed by atoms with Crippen LogP contribution in [0.1, 0.15) is 50.1 Å². The molecule has 18 heavy (non-hydrogen) atoms. The van der Waals surface area contributed by atoms with Crippen molar-refractivity contribution in [2.24, 2.45) is 0 Å². The Labute approximate surface area is 107 Å². The van der Waals surface area contributed by atoms with E-state index in [1.54, 1.807) is 0 Å². The number of hydrogen-bond donors (Lipinski definition) is 0. The predicted octanol–water partition coefficient (Wildman–Crippen LogP) is 1.98. The molecule has 0 aliphatic carbocycles. The van der Waals surface area contributed by atoms with Crippen LogP contribution in [0.2, 0.25) is 0 Å². The maximum absolute atomic E-state index is 4.41. The minimum absolute atomic E-state index is 0.434. The van der Waals surface area contributed by atoms with Crippen molar-refractivity contribution in [3.05, 3.63) is 29.9 Å². The predicted molar refractivity (Wildman–Crippen MR) is 68.4 cm³/mol. The molecule has 0 radical (unpaired) electrons. The summed E-state index contributed by atoms with van der Waals surface area (Å²) in [6, 6.07) is 0. The van der Waals surface area contributed by atoms with Crippen molar-refractivity contribution in [2.45, 2.75) is 52.1 Å². The molecule has 0 aromatic carbocycles. The van der Waals surface area contributed by atoms with E-state index >= 15 is 0 Å². The van der Waals surface area contributed by atoms with Crippen LogP contribution in [0.3, 0.4) is 0 Å². The van der Waals surface area contributed by atoms with Gasteiger partial charge in [0.15, 0.2) is 5.82 Å². The van der Waals surface area contributed by atoms with E-state index in [-0.39, 0.29) is 0 Å². The first-order valence-electron chi connectivity index (χ1n) is 6.67. The molecule has 2 aromatic rings. The van der Waals surface area contributed by atoms with Gasteiger partial charge in [-0.3, -0.25) is 0 Å². The van der Waals surface area contributed by atoms with Gasteiger partial charge in [-0.2, -0.15) is 0 Å². The summed E-state index contributed by atoms with van der Waals surface area (Å²) in [5.74, 6) is 3.75. The molecule has 96 valence electrons. The molecule has 0 amide bonds. The highest BCUT2D eigenvalue weighted by Crippen LogP contribution is 2.17. The number of aromatic nitrogens is 5. The first-order chi connectivity index (χ1) is 8.75. The zero-order valence-corrected chi connectivity index (χ0v) is 11.0. The summed E-state index contributed by atoms with van der Waals surface area (Å²) in [5.41, 5.74) is 0. The normalized spacial score (nSPS) is 15.1. The maximum atomic E-state index is 4.41. The van der Waals surface area contributed by atoms with Gasteiger partial charge in [-0.1, -0.05) is 13.8 Å². The summed E-state index contributed by atoms with van der Waals surface area (Å²) in [4.78, 5) is 4.41. The quantitative estimate of drug-likeness (QED) is 0.830. The largest absolute Gasteiger partial charge is 0.327 e. The molecule has 3 rings (SSSR count). The zero-order valence-electron chi connectivity index (χ0n) is 11.0. The first-order valence-corrected chi connectivity index (χ1v) is 6.67.